The lowest BCUT2D eigenvalue weighted by Crippen LogP contribution is -1.96. The molecule has 2 aromatic carbocycles. The molecule has 98 valence electrons. The van der Waals surface area contributed by atoms with E-state index >= 15 is 0 Å². The maximum Gasteiger partial charge on any atom is 0.124 e. The van der Waals surface area contributed by atoms with Gasteiger partial charge in [-0.05, 0) is 34.4 Å². The molecule has 0 bridgehead atoms. The van der Waals surface area contributed by atoms with Crippen molar-refractivity contribution in [1.29, 1.82) is 0 Å². The summed E-state index contributed by atoms with van der Waals surface area (Å²) in [6.45, 7) is 1.33. The second-order valence-electron chi connectivity index (χ2n) is 4.55. The number of hydrogen-bond acceptors (Lipinski definition) is 1. The summed E-state index contributed by atoms with van der Waals surface area (Å²) in [6, 6.07) is 10.7. The van der Waals surface area contributed by atoms with Crippen molar-refractivity contribution >= 4 is 27.5 Å². The highest BCUT2D eigenvalue weighted by Crippen LogP contribution is 2.37. The lowest BCUT2D eigenvalue weighted by atomic mass is 10.0. The van der Waals surface area contributed by atoms with E-state index in [1.807, 2.05) is 6.07 Å². The summed E-state index contributed by atoms with van der Waals surface area (Å²) in [5, 5.41) is 0.429. The molecule has 0 spiro atoms. The van der Waals surface area contributed by atoms with E-state index in [1.54, 1.807) is 6.07 Å². The maximum atomic E-state index is 13.1. The van der Waals surface area contributed by atoms with E-state index in [0.29, 0.717) is 18.2 Å². The topological polar surface area (TPSA) is 9.23 Å². The Labute approximate surface area is 124 Å². The molecule has 0 saturated carbocycles. The van der Waals surface area contributed by atoms with Crippen LogP contribution in [0.15, 0.2) is 36.4 Å². The average molecular weight is 342 g/mol. The van der Waals surface area contributed by atoms with E-state index < -0.39 is 0 Å². The lowest BCUT2D eigenvalue weighted by Gasteiger charge is -2.13. The van der Waals surface area contributed by atoms with Crippen molar-refractivity contribution in [2.24, 2.45) is 0 Å². The highest BCUT2D eigenvalue weighted by Gasteiger charge is 2.18. The van der Waals surface area contributed by atoms with Gasteiger partial charge in [-0.1, -0.05) is 51.8 Å². The van der Waals surface area contributed by atoms with Crippen LogP contribution < -0.4 is 0 Å². The second-order valence-corrected chi connectivity index (χ2v) is 5.87. The van der Waals surface area contributed by atoms with Crippen LogP contribution in [-0.2, 0) is 18.0 Å². The van der Waals surface area contributed by atoms with Gasteiger partial charge in [-0.2, -0.15) is 0 Å². The fourth-order valence-electron chi connectivity index (χ4n) is 2.24. The highest BCUT2D eigenvalue weighted by molar-refractivity contribution is 9.09. The molecule has 1 atom stereocenters. The zero-order valence-corrected chi connectivity index (χ0v) is 12.3. The van der Waals surface area contributed by atoms with Crippen molar-refractivity contribution in [1.82, 2.24) is 0 Å². The van der Waals surface area contributed by atoms with E-state index in [0.717, 1.165) is 11.1 Å². The number of benzene rings is 2. The summed E-state index contributed by atoms with van der Waals surface area (Å²) < 4.78 is 18.5. The van der Waals surface area contributed by atoms with Crippen molar-refractivity contribution in [3.05, 3.63) is 69.5 Å². The summed E-state index contributed by atoms with van der Waals surface area (Å²) in [5.74, 6) is -0.323. The Bertz CT molecular complexity index is 630. The van der Waals surface area contributed by atoms with E-state index in [4.69, 9.17) is 16.3 Å². The third-order valence-electron chi connectivity index (χ3n) is 3.27. The molecule has 2 aromatic rings. The summed E-state index contributed by atoms with van der Waals surface area (Å²) in [5.41, 5.74) is 4.40. The molecule has 4 heteroatoms. The van der Waals surface area contributed by atoms with Crippen LogP contribution in [0.1, 0.15) is 27.1 Å². The molecular weight excluding hydrogens is 331 g/mol. The first-order valence-electron chi connectivity index (χ1n) is 5.93. The fraction of sp³-hybridized carbons (Fsp3) is 0.200. The molecule has 0 radical (unpaired) electrons. The van der Waals surface area contributed by atoms with Crippen molar-refractivity contribution in [3.8, 4) is 0 Å². The molecule has 0 amide bonds. The minimum absolute atomic E-state index is 0.0495. The Hall–Kier alpha value is -0.900. The zero-order valence-electron chi connectivity index (χ0n) is 10.00. The van der Waals surface area contributed by atoms with Crippen LogP contribution in [0.5, 0.6) is 0 Å². The van der Waals surface area contributed by atoms with Gasteiger partial charge in [-0.25, -0.2) is 4.39 Å². The third kappa shape index (κ3) is 2.55. The fourth-order valence-corrected chi connectivity index (χ4v) is 3.33. The van der Waals surface area contributed by atoms with Gasteiger partial charge in [0.05, 0.1) is 18.0 Å². The SMILES string of the molecule is Fc1ccc(C(Br)c2ccc3c(c2)COC3)c(Cl)c1. The van der Waals surface area contributed by atoms with Gasteiger partial charge < -0.3 is 4.74 Å². The molecule has 0 aliphatic carbocycles. The molecule has 19 heavy (non-hydrogen) atoms. The van der Waals surface area contributed by atoms with Crippen molar-refractivity contribution in [2.75, 3.05) is 0 Å². The van der Waals surface area contributed by atoms with Crippen molar-refractivity contribution < 1.29 is 9.13 Å². The number of hydrogen-bond donors (Lipinski definition) is 0. The van der Waals surface area contributed by atoms with E-state index in [2.05, 4.69) is 28.1 Å². The summed E-state index contributed by atoms with van der Waals surface area (Å²) in [7, 11) is 0. The molecule has 0 aromatic heterocycles. The summed E-state index contributed by atoms with van der Waals surface area (Å²) >= 11 is 9.73. The first-order valence-corrected chi connectivity index (χ1v) is 7.23. The quantitative estimate of drug-likeness (QED) is 0.699. The molecule has 0 fully saturated rings. The van der Waals surface area contributed by atoms with Gasteiger partial charge in [0.2, 0.25) is 0 Å². The predicted octanol–water partition coefficient (Wildman–Crippen LogP) is 4.99. The van der Waals surface area contributed by atoms with Gasteiger partial charge in [-0.3, -0.25) is 0 Å². The first-order chi connectivity index (χ1) is 9.15. The lowest BCUT2D eigenvalue weighted by molar-refractivity contribution is 0.134. The Morgan fingerprint density at radius 1 is 1.11 bits per heavy atom. The van der Waals surface area contributed by atoms with Gasteiger partial charge in [-0.15, -0.1) is 0 Å². The van der Waals surface area contributed by atoms with E-state index in [9.17, 15) is 4.39 Å². The molecule has 1 aliphatic heterocycles. The molecule has 1 aliphatic rings. The zero-order chi connectivity index (χ0) is 13.4. The molecule has 3 rings (SSSR count). The average Bonchev–Trinajstić information content (AvgIpc) is 2.85. The Morgan fingerprint density at radius 2 is 1.89 bits per heavy atom. The largest absolute Gasteiger partial charge is 0.372 e. The molecule has 1 nitrogen and oxygen atoms in total. The molecule has 0 N–H and O–H groups in total. The Balaban J connectivity index is 1.97. The standard InChI is InChI=1S/C15H11BrClFO/c16-15(13-4-3-12(18)6-14(13)17)9-1-2-10-7-19-8-11(10)5-9/h1-6,15H,7-8H2. The maximum absolute atomic E-state index is 13.1. The van der Waals surface area contributed by atoms with E-state index in [1.165, 1.54) is 23.3 Å². The first kappa shape index (κ1) is 13.1. The number of rotatable bonds is 2. The van der Waals surface area contributed by atoms with Crippen LogP contribution in [0.2, 0.25) is 5.02 Å². The smallest absolute Gasteiger partial charge is 0.124 e. The van der Waals surface area contributed by atoms with E-state index in [-0.39, 0.29) is 10.6 Å². The minimum atomic E-state index is -0.323. The van der Waals surface area contributed by atoms with Gasteiger partial charge in [0, 0.05) is 5.02 Å². The number of halogens is 3. The van der Waals surface area contributed by atoms with Crippen LogP contribution in [0.4, 0.5) is 4.39 Å². The molecule has 1 heterocycles. The number of ether oxygens (including phenoxy) is 1. The Morgan fingerprint density at radius 3 is 2.68 bits per heavy atom. The van der Waals surface area contributed by atoms with Crippen LogP contribution in [-0.4, -0.2) is 0 Å². The van der Waals surface area contributed by atoms with Crippen LogP contribution in [0, 0.1) is 5.82 Å². The van der Waals surface area contributed by atoms with Gasteiger partial charge >= 0.3 is 0 Å². The van der Waals surface area contributed by atoms with Gasteiger partial charge in [0.1, 0.15) is 5.82 Å². The highest BCUT2D eigenvalue weighted by atomic mass is 79.9. The third-order valence-corrected chi connectivity index (χ3v) is 4.62. The van der Waals surface area contributed by atoms with Gasteiger partial charge in [0.15, 0.2) is 0 Å². The second kappa shape index (κ2) is 5.23. The molecule has 0 saturated heterocycles. The van der Waals surface area contributed by atoms with Crippen molar-refractivity contribution in [3.63, 3.8) is 0 Å². The summed E-state index contributed by atoms with van der Waals surface area (Å²) in [6.07, 6.45) is 0. The Kier molecular flexibility index (Phi) is 3.61. The van der Waals surface area contributed by atoms with Crippen LogP contribution in [0.25, 0.3) is 0 Å². The van der Waals surface area contributed by atoms with Crippen LogP contribution in [0.3, 0.4) is 0 Å². The van der Waals surface area contributed by atoms with Crippen LogP contribution >= 0.6 is 27.5 Å². The normalized spacial score (nSPS) is 15.3. The predicted molar refractivity (Wildman–Crippen MR) is 77.1 cm³/mol. The van der Waals surface area contributed by atoms with Gasteiger partial charge in [0.25, 0.3) is 0 Å². The number of alkyl halides is 1. The molecule has 1 unspecified atom stereocenters. The van der Waals surface area contributed by atoms with Crippen molar-refractivity contribution in [2.45, 2.75) is 18.0 Å². The number of fused-ring (bicyclic) bond motifs is 1. The minimum Gasteiger partial charge on any atom is -0.372 e. The summed E-state index contributed by atoms with van der Waals surface area (Å²) in [4.78, 5) is -0.0495. The monoisotopic (exact) mass is 340 g/mol. The molecular formula is C15H11BrClFO.